The summed E-state index contributed by atoms with van der Waals surface area (Å²) in [5.74, 6) is 0.923. The summed E-state index contributed by atoms with van der Waals surface area (Å²) in [6.07, 6.45) is 0.982. The molecular weight excluding hydrogens is 338 g/mol. The van der Waals surface area contributed by atoms with Crippen molar-refractivity contribution in [1.82, 2.24) is 10.2 Å². The number of nitrogens with one attached hydrogen (secondary N) is 2. The monoisotopic (exact) mass is 363 g/mol. The molecule has 0 unspecified atom stereocenters. The number of ether oxygens (including phenoxy) is 3. The molecule has 0 bridgehead atoms. The van der Waals surface area contributed by atoms with Crippen molar-refractivity contribution in [3.63, 3.8) is 0 Å². The first-order valence-corrected chi connectivity index (χ1v) is 8.92. The van der Waals surface area contributed by atoms with Crippen LogP contribution in [0, 0.1) is 5.92 Å². The van der Waals surface area contributed by atoms with Crippen molar-refractivity contribution in [1.29, 1.82) is 0 Å². The SMILES string of the molecule is O=C(NC[C@@H]1CCOC1)Nc1ccc(OCC(=O)N2CCOCC2)cc1. The minimum Gasteiger partial charge on any atom is -0.484 e. The molecule has 2 aliphatic rings. The molecule has 1 atom stereocenters. The van der Waals surface area contributed by atoms with Crippen molar-refractivity contribution in [2.75, 3.05) is 58.0 Å². The van der Waals surface area contributed by atoms with E-state index in [0.29, 0.717) is 56.8 Å². The van der Waals surface area contributed by atoms with Gasteiger partial charge >= 0.3 is 6.03 Å². The molecule has 8 nitrogen and oxygen atoms in total. The van der Waals surface area contributed by atoms with Crippen LogP contribution in [0.1, 0.15) is 6.42 Å². The third kappa shape index (κ3) is 5.60. The zero-order valence-electron chi connectivity index (χ0n) is 14.7. The van der Waals surface area contributed by atoms with Crippen LogP contribution < -0.4 is 15.4 Å². The van der Waals surface area contributed by atoms with Crippen molar-refractivity contribution in [3.05, 3.63) is 24.3 Å². The first-order valence-electron chi connectivity index (χ1n) is 8.92. The number of anilines is 1. The lowest BCUT2D eigenvalue weighted by Crippen LogP contribution is -2.42. The molecular formula is C18H25N3O5. The zero-order valence-corrected chi connectivity index (χ0v) is 14.7. The first kappa shape index (κ1) is 18.5. The molecule has 2 heterocycles. The summed E-state index contributed by atoms with van der Waals surface area (Å²) in [4.78, 5) is 25.7. The Kier molecular flexibility index (Phi) is 6.68. The Hall–Kier alpha value is -2.32. The maximum atomic E-state index is 12.0. The Morgan fingerprint density at radius 2 is 1.88 bits per heavy atom. The predicted octanol–water partition coefficient (Wildman–Crippen LogP) is 1.08. The molecule has 0 spiro atoms. The fraction of sp³-hybridized carbons (Fsp3) is 0.556. The molecule has 142 valence electrons. The van der Waals surface area contributed by atoms with Crippen LogP contribution >= 0.6 is 0 Å². The Bertz CT molecular complexity index is 595. The second-order valence-electron chi connectivity index (χ2n) is 6.37. The molecule has 0 radical (unpaired) electrons. The number of rotatable bonds is 6. The third-order valence-corrected chi connectivity index (χ3v) is 4.41. The number of morpholine rings is 1. The lowest BCUT2D eigenvalue weighted by Gasteiger charge is -2.26. The number of benzene rings is 1. The molecule has 2 saturated heterocycles. The summed E-state index contributed by atoms with van der Waals surface area (Å²) in [7, 11) is 0. The van der Waals surface area contributed by atoms with Crippen LogP contribution in [0.3, 0.4) is 0 Å². The third-order valence-electron chi connectivity index (χ3n) is 4.41. The van der Waals surface area contributed by atoms with Crippen LogP contribution in [-0.4, -0.2) is 69.5 Å². The van der Waals surface area contributed by atoms with Crippen molar-refractivity contribution in [3.8, 4) is 5.75 Å². The fourth-order valence-electron chi connectivity index (χ4n) is 2.84. The fourth-order valence-corrected chi connectivity index (χ4v) is 2.84. The van der Waals surface area contributed by atoms with Crippen molar-refractivity contribution in [2.24, 2.45) is 5.92 Å². The molecule has 0 aliphatic carbocycles. The van der Waals surface area contributed by atoms with Crippen LogP contribution in [0.2, 0.25) is 0 Å². The molecule has 3 amide bonds. The minimum absolute atomic E-state index is 0.00325. The number of nitrogens with zero attached hydrogens (tertiary/aromatic N) is 1. The lowest BCUT2D eigenvalue weighted by atomic mass is 10.1. The molecule has 1 aromatic rings. The summed E-state index contributed by atoms with van der Waals surface area (Å²) >= 11 is 0. The quantitative estimate of drug-likeness (QED) is 0.790. The average Bonchev–Trinajstić information content (AvgIpc) is 3.20. The number of urea groups is 1. The highest BCUT2D eigenvalue weighted by Crippen LogP contribution is 2.16. The second kappa shape index (κ2) is 9.40. The molecule has 2 fully saturated rings. The molecule has 2 N–H and O–H groups in total. The Morgan fingerprint density at radius 3 is 2.58 bits per heavy atom. The van der Waals surface area contributed by atoms with Crippen molar-refractivity contribution >= 4 is 17.6 Å². The average molecular weight is 363 g/mol. The highest BCUT2D eigenvalue weighted by atomic mass is 16.5. The Balaban J connectivity index is 1.38. The van der Waals surface area contributed by atoms with Gasteiger partial charge in [-0.2, -0.15) is 0 Å². The van der Waals surface area contributed by atoms with Crippen molar-refractivity contribution in [2.45, 2.75) is 6.42 Å². The summed E-state index contributed by atoms with van der Waals surface area (Å²) < 4.78 is 16.0. The Labute approximate surface area is 152 Å². The molecule has 0 saturated carbocycles. The molecule has 2 aliphatic heterocycles. The number of hydrogen-bond acceptors (Lipinski definition) is 5. The molecule has 26 heavy (non-hydrogen) atoms. The van der Waals surface area contributed by atoms with Crippen LogP contribution in [0.4, 0.5) is 10.5 Å². The topological polar surface area (TPSA) is 89.1 Å². The summed E-state index contributed by atoms with van der Waals surface area (Å²) in [5, 5.41) is 5.62. The van der Waals surface area contributed by atoms with Gasteiger partial charge < -0.3 is 29.7 Å². The van der Waals surface area contributed by atoms with E-state index in [9.17, 15) is 9.59 Å². The second-order valence-corrected chi connectivity index (χ2v) is 6.37. The standard InChI is InChI=1S/C18H25N3O5/c22-17(21-6-9-24-10-7-21)13-26-16-3-1-15(2-4-16)20-18(23)19-11-14-5-8-25-12-14/h1-4,14H,5-13H2,(H2,19,20,23)/t14-/m0/s1. The van der Waals surface area contributed by atoms with Gasteiger partial charge in [-0.15, -0.1) is 0 Å². The van der Waals surface area contributed by atoms with E-state index in [0.717, 1.165) is 13.0 Å². The highest BCUT2D eigenvalue weighted by molar-refractivity contribution is 5.89. The predicted molar refractivity (Wildman–Crippen MR) is 95.3 cm³/mol. The Morgan fingerprint density at radius 1 is 1.12 bits per heavy atom. The largest absolute Gasteiger partial charge is 0.484 e. The van der Waals surface area contributed by atoms with E-state index < -0.39 is 0 Å². The van der Waals surface area contributed by atoms with Gasteiger partial charge in [0.1, 0.15) is 5.75 Å². The number of hydrogen-bond donors (Lipinski definition) is 2. The van der Waals surface area contributed by atoms with Gasteiger partial charge in [-0.3, -0.25) is 4.79 Å². The number of carbonyl (C=O) groups excluding carboxylic acids is 2. The highest BCUT2D eigenvalue weighted by Gasteiger charge is 2.17. The van der Waals surface area contributed by atoms with E-state index in [1.165, 1.54) is 0 Å². The van der Waals surface area contributed by atoms with Crippen molar-refractivity contribution < 1.29 is 23.8 Å². The van der Waals surface area contributed by atoms with E-state index in [1.54, 1.807) is 29.2 Å². The zero-order chi connectivity index (χ0) is 18.2. The normalized spacial score (nSPS) is 19.8. The van der Waals surface area contributed by atoms with Gasteiger partial charge in [0.25, 0.3) is 5.91 Å². The molecule has 3 rings (SSSR count). The minimum atomic E-state index is -0.243. The number of amides is 3. The molecule has 0 aromatic heterocycles. The molecule has 1 aromatic carbocycles. The van der Waals surface area contributed by atoms with Crippen LogP contribution in [0.5, 0.6) is 5.75 Å². The number of carbonyl (C=O) groups is 2. The van der Waals surface area contributed by atoms with Gasteiger partial charge in [0.2, 0.25) is 0 Å². The summed E-state index contributed by atoms with van der Waals surface area (Å²) in [6.45, 7) is 4.43. The van der Waals surface area contributed by atoms with E-state index in [4.69, 9.17) is 14.2 Å². The van der Waals surface area contributed by atoms with Gasteiger partial charge in [-0.25, -0.2) is 4.79 Å². The van der Waals surface area contributed by atoms with E-state index in [2.05, 4.69) is 10.6 Å². The van der Waals surface area contributed by atoms with Crippen LogP contribution in [0.25, 0.3) is 0 Å². The first-order chi connectivity index (χ1) is 12.7. The molecule has 8 heteroatoms. The van der Waals surface area contributed by atoms with Gasteiger partial charge in [0.15, 0.2) is 6.61 Å². The van der Waals surface area contributed by atoms with Gasteiger partial charge in [-0.1, -0.05) is 0 Å². The van der Waals surface area contributed by atoms with E-state index >= 15 is 0 Å². The van der Waals surface area contributed by atoms with Gasteiger partial charge in [-0.05, 0) is 30.7 Å². The van der Waals surface area contributed by atoms with Crippen LogP contribution in [-0.2, 0) is 14.3 Å². The lowest BCUT2D eigenvalue weighted by molar-refractivity contribution is -0.137. The van der Waals surface area contributed by atoms with Gasteiger partial charge in [0.05, 0.1) is 19.8 Å². The van der Waals surface area contributed by atoms with Crippen LogP contribution in [0.15, 0.2) is 24.3 Å². The summed E-state index contributed by atoms with van der Waals surface area (Å²) in [5.41, 5.74) is 0.664. The van der Waals surface area contributed by atoms with E-state index in [-0.39, 0.29) is 18.5 Å². The smallest absolute Gasteiger partial charge is 0.319 e. The maximum absolute atomic E-state index is 12.0. The van der Waals surface area contributed by atoms with Gasteiger partial charge in [0, 0.05) is 37.8 Å². The summed E-state index contributed by atoms with van der Waals surface area (Å²) in [6, 6.07) is 6.70. The van der Waals surface area contributed by atoms with E-state index in [1.807, 2.05) is 0 Å². The maximum Gasteiger partial charge on any atom is 0.319 e.